The lowest BCUT2D eigenvalue weighted by atomic mass is 10.1. The van der Waals surface area contributed by atoms with Crippen molar-refractivity contribution < 1.29 is 14.7 Å². The highest BCUT2D eigenvalue weighted by molar-refractivity contribution is 9.10. The molecule has 0 aromatic heterocycles. The first-order valence-corrected chi connectivity index (χ1v) is 7.25. The Bertz CT molecular complexity index is 497. The molecule has 1 rings (SSSR count). The van der Waals surface area contributed by atoms with Crippen LogP contribution in [-0.2, 0) is 9.59 Å². The van der Waals surface area contributed by atoms with E-state index in [2.05, 4.69) is 26.6 Å². The zero-order valence-corrected chi connectivity index (χ0v) is 14.4. The SMILES string of the molecule is CCCC(NCC(=O)Nc1ccc(Br)c(C)c1)C(=O)O.Cl. The Hall–Kier alpha value is -1.11. The van der Waals surface area contributed by atoms with E-state index in [4.69, 9.17) is 5.11 Å². The number of hydrogen-bond donors (Lipinski definition) is 3. The number of carboxylic acid groups (broad SMARTS) is 1. The van der Waals surface area contributed by atoms with Gasteiger partial charge >= 0.3 is 5.97 Å². The minimum Gasteiger partial charge on any atom is -0.480 e. The maximum Gasteiger partial charge on any atom is 0.320 e. The fourth-order valence-corrected chi connectivity index (χ4v) is 1.99. The number of amides is 1. The Morgan fingerprint density at radius 3 is 2.57 bits per heavy atom. The van der Waals surface area contributed by atoms with E-state index in [0.717, 1.165) is 16.5 Å². The maximum atomic E-state index is 11.8. The summed E-state index contributed by atoms with van der Waals surface area (Å²) in [6, 6.07) is 4.81. The van der Waals surface area contributed by atoms with Crippen LogP contribution in [0.25, 0.3) is 0 Å². The van der Waals surface area contributed by atoms with E-state index in [1.54, 1.807) is 6.07 Å². The van der Waals surface area contributed by atoms with Gasteiger partial charge in [0.05, 0.1) is 6.54 Å². The number of aliphatic carboxylic acids is 1. The molecule has 21 heavy (non-hydrogen) atoms. The normalized spacial score (nSPS) is 11.4. The molecule has 0 fully saturated rings. The zero-order valence-electron chi connectivity index (χ0n) is 12.0. The van der Waals surface area contributed by atoms with Gasteiger partial charge in [0.1, 0.15) is 6.04 Å². The van der Waals surface area contributed by atoms with Crippen LogP contribution in [0.2, 0.25) is 0 Å². The fourth-order valence-electron chi connectivity index (χ4n) is 1.75. The third-order valence-electron chi connectivity index (χ3n) is 2.83. The van der Waals surface area contributed by atoms with Crippen LogP contribution < -0.4 is 10.6 Å². The number of benzene rings is 1. The van der Waals surface area contributed by atoms with Gasteiger partial charge in [0.25, 0.3) is 0 Å². The van der Waals surface area contributed by atoms with Gasteiger partial charge in [-0.3, -0.25) is 14.9 Å². The number of carboxylic acids is 1. The van der Waals surface area contributed by atoms with Crippen molar-refractivity contribution >= 4 is 45.9 Å². The standard InChI is InChI=1S/C14H19BrN2O3.ClH/c1-3-4-12(14(19)20)16-8-13(18)17-10-5-6-11(15)9(2)7-10;/h5-7,12,16H,3-4,8H2,1-2H3,(H,17,18)(H,19,20);1H. The minimum atomic E-state index is -0.931. The predicted octanol–water partition coefficient (Wildman–Crippen LogP) is 2.96. The molecule has 0 saturated heterocycles. The summed E-state index contributed by atoms with van der Waals surface area (Å²) < 4.78 is 0.975. The first kappa shape index (κ1) is 19.9. The topological polar surface area (TPSA) is 78.4 Å². The second-order valence-corrected chi connectivity index (χ2v) is 5.43. The summed E-state index contributed by atoms with van der Waals surface area (Å²) in [6.45, 7) is 3.81. The second-order valence-electron chi connectivity index (χ2n) is 4.57. The number of anilines is 1. The van der Waals surface area contributed by atoms with Crippen molar-refractivity contribution in [3.05, 3.63) is 28.2 Å². The largest absolute Gasteiger partial charge is 0.480 e. The Morgan fingerprint density at radius 2 is 2.05 bits per heavy atom. The number of carbonyl (C=O) groups excluding carboxylic acids is 1. The molecule has 0 bridgehead atoms. The number of nitrogens with one attached hydrogen (secondary N) is 2. The molecule has 0 heterocycles. The number of aryl methyl sites for hydroxylation is 1. The van der Waals surface area contributed by atoms with Crippen LogP contribution in [0, 0.1) is 6.92 Å². The summed E-state index contributed by atoms with van der Waals surface area (Å²) in [7, 11) is 0. The van der Waals surface area contributed by atoms with Crippen LogP contribution in [0.15, 0.2) is 22.7 Å². The lowest BCUT2D eigenvalue weighted by Crippen LogP contribution is -2.41. The van der Waals surface area contributed by atoms with E-state index in [-0.39, 0.29) is 24.9 Å². The van der Waals surface area contributed by atoms with Gasteiger partial charge < -0.3 is 10.4 Å². The third-order valence-corrected chi connectivity index (χ3v) is 3.72. The fraction of sp³-hybridized carbons (Fsp3) is 0.429. The second kappa shape index (κ2) is 9.76. The van der Waals surface area contributed by atoms with Crippen molar-refractivity contribution in [3.63, 3.8) is 0 Å². The minimum absolute atomic E-state index is 0. The Kier molecular flexibility index (Phi) is 9.24. The molecule has 1 aromatic carbocycles. The lowest BCUT2D eigenvalue weighted by Gasteiger charge is -2.13. The number of halogens is 2. The molecule has 0 saturated carbocycles. The molecule has 118 valence electrons. The molecule has 1 aromatic rings. The highest BCUT2D eigenvalue weighted by Crippen LogP contribution is 2.19. The number of rotatable bonds is 7. The van der Waals surface area contributed by atoms with Crippen LogP contribution in [-0.4, -0.2) is 29.6 Å². The summed E-state index contributed by atoms with van der Waals surface area (Å²) in [5, 5.41) is 14.5. The molecule has 0 aliphatic rings. The Balaban J connectivity index is 0.00000400. The quantitative estimate of drug-likeness (QED) is 0.680. The van der Waals surface area contributed by atoms with E-state index in [0.29, 0.717) is 12.1 Å². The molecule has 5 nitrogen and oxygen atoms in total. The van der Waals surface area contributed by atoms with E-state index >= 15 is 0 Å². The van der Waals surface area contributed by atoms with Gasteiger partial charge in [-0.05, 0) is 37.1 Å². The molecule has 1 atom stereocenters. The molecule has 1 amide bonds. The van der Waals surface area contributed by atoms with Gasteiger partial charge in [-0.25, -0.2) is 0 Å². The molecule has 3 N–H and O–H groups in total. The molecule has 0 aliphatic heterocycles. The van der Waals surface area contributed by atoms with Crippen LogP contribution in [0.3, 0.4) is 0 Å². The van der Waals surface area contributed by atoms with Gasteiger partial charge in [0.2, 0.25) is 5.91 Å². The smallest absolute Gasteiger partial charge is 0.320 e. The summed E-state index contributed by atoms with van der Waals surface area (Å²) in [5.41, 5.74) is 1.71. The van der Waals surface area contributed by atoms with E-state index in [1.165, 1.54) is 0 Å². The van der Waals surface area contributed by atoms with Gasteiger partial charge in [0.15, 0.2) is 0 Å². The van der Waals surface area contributed by atoms with Crippen LogP contribution >= 0.6 is 28.3 Å². The molecular formula is C14H20BrClN2O3. The van der Waals surface area contributed by atoms with Crippen molar-refractivity contribution in [2.24, 2.45) is 0 Å². The monoisotopic (exact) mass is 378 g/mol. The summed E-state index contributed by atoms with van der Waals surface area (Å²) >= 11 is 3.39. The van der Waals surface area contributed by atoms with Crippen molar-refractivity contribution in [2.45, 2.75) is 32.7 Å². The molecule has 7 heteroatoms. The van der Waals surface area contributed by atoms with E-state index in [1.807, 2.05) is 26.0 Å². The van der Waals surface area contributed by atoms with Gasteiger partial charge in [0, 0.05) is 10.2 Å². The third kappa shape index (κ3) is 6.93. The van der Waals surface area contributed by atoms with Gasteiger partial charge in [-0.2, -0.15) is 0 Å². The summed E-state index contributed by atoms with van der Waals surface area (Å²) in [4.78, 5) is 22.7. The molecule has 0 spiro atoms. The lowest BCUT2D eigenvalue weighted by molar-refractivity contribution is -0.139. The van der Waals surface area contributed by atoms with Crippen molar-refractivity contribution in [1.29, 1.82) is 0 Å². The average Bonchev–Trinajstić information content (AvgIpc) is 2.38. The van der Waals surface area contributed by atoms with E-state index < -0.39 is 12.0 Å². The maximum absolute atomic E-state index is 11.8. The van der Waals surface area contributed by atoms with Crippen LogP contribution in [0.5, 0.6) is 0 Å². The Labute approximate surface area is 139 Å². The highest BCUT2D eigenvalue weighted by Gasteiger charge is 2.16. The average molecular weight is 380 g/mol. The first-order valence-electron chi connectivity index (χ1n) is 6.46. The summed E-state index contributed by atoms with van der Waals surface area (Å²) in [5.74, 6) is -1.19. The van der Waals surface area contributed by atoms with Crippen molar-refractivity contribution in [2.75, 3.05) is 11.9 Å². The van der Waals surface area contributed by atoms with E-state index in [9.17, 15) is 9.59 Å². The van der Waals surface area contributed by atoms with Crippen molar-refractivity contribution in [1.82, 2.24) is 5.32 Å². The molecular weight excluding hydrogens is 360 g/mol. The van der Waals surface area contributed by atoms with Crippen LogP contribution in [0.4, 0.5) is 5.69 Å². The number of carbonyl (C=O) groups is 2. The Morgan fingerprint density at radius 1 is 1.38 bits per heavy atom. The predicted molar refractivity (Wildman–Crippen MR) is 89.1 cm³/mol. The molecule has 0 aliphatic carbocycles. The van der Waals surface area contributed by atoms with Crippen molar-refractivity contribution in [3.8, 4) is 0 Å². The highest BCUT2D eigenvalue weighted by atomic mass is 79.9. The van der Waals surface area contributed by atoms with Crippen LogP contribution in [0.1, 0.15) is 25.3 Å². The van der Waals surface area contributed by atoms with Gasteiger partial charge in [-0.1, -0.05) is 29.3 Å². The first-order chi connectivity index (χ1) is 9.43. The summed E-state index contributed by atoms with van der Waals surface area (Å²) in [6.07, 6.45) is 1.25. The number of hydrogen-bond acceptors (Lipinski definition) is 3. The van der Waals surface area contributed by atoms with Gasteiger partial charge in [-0.15, -0.1) is 12.4 Å². The molecule has 1 unspecified atom stereocenters. The molecule has 0 radical (unpaired) electrons. The zero-order chi connectivity index (χ0) is 15.1.